The topological polar surface area (TPSA) is 21.3 Å². The van der Waals surface area contributed by atoms with E-state index in [1.807, 2.05) is 12.1 Å². The summed E-state index contributed by atoms with van der Waals surface area (Å²) in [6.45, 7) is 0. The van der Waals surface area contributed by atoms with Crippen LogP contribution in [0.5, 0.6) is 0 Å². The van der Waals surface area contributed by atoms with Crippen LogP contribution in [0.1, 0.15) is 0 Å². The second kappa shape index (κ2) is 17.4. The third kappa shape index (κ3) is 7.12. The Morgan fingerprint density at radius 2 is 0.667 bits per heavy atom. The van der Waals surface area contributed by atoms with Gasteiger partial charge in [0.1, 0.15) is 11.2 Å². The number of nitrogens with zero attached hydrogens (tertiary/aromatic N) is 2. The van der Waals surface area contributed by atoms with Crippen LogP contribution in [-0.4, -0.2) is 4.57 Å². The predicted molar refractivity (Wildman–Crippen MR) is 317 cm³/mol. The van der Waals surface area contributed by atoms with E-state index in [4.69, 9.17) is 4.42 Å². The second-order valence-corrected chi connectivity index (χ2v) is 19.6. The average Bonchev–Trinajstić information content (AvgIpc) is 4.07. The van der Waals surface area contributed by atoms with Crippen LogP contribution in [0.4, 0.5) is 17.1 Å². The predicted octanol–water partition coefficient (Wildman–Crippen LogP) is 20.3. The van der Waals surface area contributed by atoms with Gasteiger partial charge in [-0.1, -0.05) is 194 Å². The number of hydrogen-bond acceptors (Lipinski definition) is 2. The SMILES string of the molecule is c1ccc(-c2ccc3c(c2)c2cc(-c4ccc(N(c5ccccc5)c5ccc(-c6cccc7c6oc6ccccc67)cc5)cc4)ccc2n3-c2ccc(-c3ccc4c5ccccc5c5ccccc5c4c3)cc2)cc1. The van der Waals surface area contributed by atoms with Gasteiger partial charge < -0.3 is 13.9 Å². The molecule has 75 heavy (non-hydrogen) atoms. The van der Waals surface area contributed by atoms with Crippen LogP contribution in [0, 0.1) is 0 Å². The summed E-state index contributed by atoms with van der Waals surface area (Å²) in [5.41, 5.74) is 17.8. The first kappa shape index (κ1) is 42.7. The summed E-state index contributed by atoms with van der Waals surface area (Å²) in [5, 5.41) is 12.4. The van der Waals surface area contributed by atoms with E-state index >= 15 is 0 Å². The van der Waals surface area contributed by atoms with E-state index in [0.29, 0.717) is 0 Å². The van der Waals surface area contributed by atoms with Crippen LogP contribution in [-0.2, 0) is 0 Å². The molecule has 13 aromatic carbocycles. The molecule has 0 unspecified atom stereocenters. The number of benzene rings is 13. The van der Waals surface area contributed by atoms with Crippen molar-refractivity contribution < 1.29 is 4.42 Å². The fourth-order valence-electron chi connectivity index (χ4n) is 11.8. The van der Waals surface area contributed by atoms with Crippen molar-refractivity contribution >= 4 is 93.1 Å². The largest absolute Gasteiger partial charge is 0.455 e. The smallest absolute Gasteiger partial charge is 0.143 e. The van der Waals surface area contributed by atoms with Crippen LogP contribution in [0.2, 0.25) is 0 Å². The van der Waals surface area contributed by atoms with E-state index < -0.39 is 0 Å². The van der Waals surface area contributed by atoms with E-state index in [2.05, 4.69) is 276 Å². The molecule has 3 nitrogen and oxygen atoms in total. The Kier molecular flexibility index (Phi) is 9.89. The van der Waals surface area contributed by atoms with Gasteiger partial charge in [0.25, 0.3) is 0 Å². The minimum atomic E-state index is 0.904. The fraction of sp³-hybridized carbons (Fsp3) is 0. The third-order valence-corrected chi connectivity index (χ3v) is 15.4. The van der Waals surface area contributed by atoms with Crippen molar-refractivity contribution in [2.24, 2.45) is 0 Å². The van der Waals surface area contributed by atoms with Gasteiger partial charge in [0, 0.05) is 49.9 Å². The van der Waals surface area contributed by atoms with Gasteiger partial charge in [0.2, 0.25) is 0 Å². The Morgan fingerprint density at radius 1 is 0.253 bits per heavy atom. The van der Waals surface area contributed by atoms with Gasteiger partial charge in [-0.25, -0.2) is 0 Å². The standard InChI is InChI=1S/C72H46N2O/c1-3-14-47(15-4-1)52-33-42-69-67(45-52)68-46-53(34-43-70(68)74(69)57-37-28-48(29-38-57)51-32-41-63-61-20-8-7-18-59(61)60-19-9-10-21-62(60)66(63)44-51)49-26-35-55(36-27-49)73(54-16-5-2-6-17-54)56-39-30-50(31-40-56)58-23-13-24-65-64-22-11-12-25-71(64)75-72(58)65/h1-46H. The summed E-state index contributed by atoms with van der Waals surface area (Å²) in [6, 6.07) is 101. The summed E-state index contributed by atoms with van der Waals surface area (Å²) in [7, 11) is 0. The van der Waals surface area contributed by atoms with Gasteiger partial charge in [-0.3, -0.25) is 0 Å². The molecule has 350 valence electrons. The summed E-state index contributed by atoms with van der Waals surface area (Å²) >= 11 is 0. The Hall–Kier alpha value is -9.96. The van der Waals surface area contributed by atoms with E-state index in [-0.39, 0.29) is 0 Å². The summed E-state index contributed by atoms with van der Waals surface area (Å²) in [4.78, 5) is 2.33. The number of furan rings is 1. The fourth-order valence-corrected chi connectivity index (χ4v) is 11.8. The van der Waals surface area contributed by atoms with Crippen molar-refractivity contribution in [3.05, 3.63) is 279 Å². The molecule has 0 aliphatic carbocycles. The van der Waals surface area contributed by atoms with E-state index in [9.17, 15) is 0 Å². The normalized spacial score (nSPS) is 11.7. The number of anilines is 3. The molecule has 0 bridgehead atoms. The van der Waals surface area contributed by atoms with Gasteiger partial charge >= 0.3 is 0 Å². The summed E-state index contributed by atoms with van der Waals surface area (Å²) in [5.74, 6) is 0. The molecule has 0 spiro atoms. The van der Waals surface area contributed by atoms with Crippen molar-refractivity contribution in [1.29, 1.82) is 0 Å². The monoisotopic (exact) mass is 954 g/mol. The number of fused-ring (bicyclic) bond motifs is 12. The number of aromatic nitrogens is 1. The van der Waals surface area contributed by atoms with E-state index in [0.717, 1.165) is 61.4 Å². The average molecular weight is 955 g/mol. The maximum absolute atomic E-state index is 6.43. The zero-order chi connectivity index (χ0) is 49.4. The first-order chi connectivity index (χ1) is 37.2. The van der Waals surface area contributed by atoms with Crippen LogP contribution >= 0.6 is 0 Å². The van der Waals surface area contributed by atoms with Crippen LogP contribution in [0.15, 0.2) is 283 Å². The van der Waals surface area contributed by atoms with Gasteiger partial charge in [0.15, 0.2) is 0 Å². The zero-order valence-corrected chi connectivity index (χ0v) is 40.9. The lowest BCUT2D eigenvalue weighted by molar-refractivity contribution is 0.670. The van der Waals surface area contributed by atoms with Crippen molar-refractivity contribution in [2.75, 3.05) is 4.90 Å². The quantitative estimate of drug-likeness (QED) is 0.142. The van der Waals surface area contributed by atoms with E-state index in [1.165, 1.54) is 81.9 Å². The lowest BCUT2D eigenvalue weighted by atomic mass is 9.92. The zero-order valence-electron chi connectivity index (χ0n) is 40.9. The van der Waals surface area contributed by atoms with Gasteiger partial charge in [0.05, 0.1) is 11.0 Å². The van der Waals surface area contributed by atoms with Gasteiger partial charge in [-0.2, -0.15) is 0 Å². The highest BCUT2D eigenvalue weighted by Crippen LogP contribution is 2.43. The number of rotatable bonds is 8. The van der Waals surface area contributed by atoms with Crippen molar-refractivity contribution in [2.45, 2.75) is 0 Å². The van der Waals surface area contributed by atoms with Crippen LogP contribution < -0.4 is 4.90 Å². The molecule has 0 N–H and O–H groups in total. The lowest BCUT2D eigenvalue weighted by Crippen LogP contribution is -2.09. The minimum absolute atomic E-state index is 0.904. The molecule has 3 heteroatoms. The molecule has 0 atom stereocenters. The second-order valence-electron chi connectivity index (χ2n) is 19.6. The molecule has 15 aromatic rings. The molecule has 0 saturated heterocycles. The Labute approximate surface area is 434 Å². The molecule has 0 fully saturated rings. The van der Waals surface area contributed by atoms with Crippen LogP contribution in [0.25, 0.3) is 126 Å². The number of hydrogen-bond donors (Lipinski definition) is 0. The first-order valence-corrected chi connectivity index (χ1v) is 25.7. The van der Waals surface area contributed by atoms with Crippen molar-refractivity contribution in [1.82, 2.24) is 4.57 Å². The Bertz CT molecular complexity index is 4630. The molecule has 0 aliphatic rings. The van der Waals surface area contributed by atoms with Crippen molar-refractivity contribution in [3.8, 4) is 50.2 Å². The lowest BCUT2D eigenvalue weighted by Gasteiger charge is -2.26. The molecule has 0 amide bonds. The Balaban J connectivity index is 0.794. The first-order valence-electron chi connectivity index (χ1n) is 25.7. The van der Waals surface area contributed by atoms with Gasteiger partial charge in [-0.05, 0) is 156 Å². The molecular formula is C72H46N2O. The van der Waals surface area contributed by atoms with Gasteiger partial charge in [-0.15, -0.1) is 0 Å². The maximum atomic E-state index is 6.43. The molecule has 2 aromatic heterocycles. The molecule has 0 saturated carbocycles. The molecule has 0 radical (unpaired) electrons. The molecule has 2 heterocycles. The van der Waals surface area contributed by atoms with Crippen molar-refractivity contribution in [3.63, 3.8) is 0 Å². The highest BCUT2D eigenvalue weighted by atomic mass is 16.3. The molecule has 15 rings (SSSR count). The maximum Gasteiger partial charge on any atom is 0.143 e. The summed E-state index contributed by atoms with van der Waals surface area (Å²) < 4.78 is 8.85. The minimum Gasteiger partial charge on any atom is -0.455 e. The number of para-hydroxylation sites is 3. The molecular weight excluding hydrogens is 909 g/mol. The highest BCUT2D eigenvalue weighted by molar-refractivity contribution is 6.26. The Morgan fingerprint density at radius 3 is 1.27 bits per heavy atom. The summed E-state index contributed by atoms with van der Waals surface area (Å²) in [6.07, 6.45) is 0. The van der Waals surface area contributed by atoms with E-state index in [1.54, 1.807) is 0 Å². The highest BCUT2D eigenvalue weighted by Gasteiger charge is 2.19. The molecule has 0 aliphatic heterocycles. The third-order valence-electron chi connectivity index (χ3n) is 15.4. The van der Waals surface area contributed by atoms with Crippen LogP contribution in [0.3, 0.4) is 0 Å².